The molecule has 0 heterocycles. The summed E-state index contributed by atoms with van der Waals surface area (Å²) >= 11 is 5.83. The van der Waals surface area contributed by atoms with Gasteiger partial charge in [-0.1, -0.05) is 47.5 Å². The van der Waals surface area contributed by atoms with Crippen molar-refractivity contribution in [2.24, 2.45) is 0 Å². The summed E-state index contributed by atoms with van der Waals surface area (Å²) in [5, 5.41) is 3.66. The fraction of sp³-hybridized carbons (Fsp3) is 0.294. The van der Waals surface area contributed by atoms with E-state index in [1.807, 2.05) is 6.92 Å². The molecule has 0 radical (unpaired) electrons. The molecule has 0 saturated carbocycles. The Morgan fingerprint density at radius 1 is 0.950 bits per heavy atom. The summed E-state index contributed by atoms with van der Waals surface area (Å²) in [6.45, 7) is 6.24. The zero-order chi connectivity index (χ0) is 14.7. The maximum atomic E-state index is 13.2. The van der Waals surface area contributed by atoms with Crippen LogP contribution in [0.3, 0.4) is 0 Å². The number of aryl methyl sites for hydroxylation is 1. The van der Waals surface area contributed by atoms with Gasteiger partial charge in [-0.15, -0.1) is 0 Å². The van der Waals surface area contributed by atoms with Crippen LogP contribution >= 0.6 is 11.6 Å². The lowest BCUT2D eigenvalue weighted by Crippen LogP contribution is -2.22. The molecule has 0 aliphatic rings. The van der Waals surface area contributed by atoms with Crippen LogP contribution in [0, 0.1) is 12.7 Å². The minimum atomic E-state index is -0.380. The summed E-state index contributed by atoms with van der Waals surface area (Å²) < 4.78 is 13.2. The van der Waals surface area contributed by atoms with Crippen LogP contribution in [-0.4, -0.2) is 0 Å². The first kappa shape index (κ1) is 15.0. The number of benzene rings is 2. The summed E-state index contributed by atoms with van der Waals surface area (Å²) in [7, 11) is 0. The molecule has 0 amide bonds. The Balaban J connectivity index is 2.08. The van der Waals surface area contributed by atoms with Gasteiger partial charge in [-0.3, -0.25) is 0 Å². The zero-order valence-corrected chi connectivity index (χ0v) is 12.7. The molecule has 2 atom stereocenters. The lowest BCUT2D eigenvalue weighted by molar-refractivity contribution is 0.494. The number of nitrogens with one attached hydrogen (secondary N) is 1. The smallest absolute Gasteiger partial charge is 0.141 e. The van der Waals surface area contributed by atoms with Gasteiger partial charge < -0.3 is 5.32 Å². The minimum Gasteiger partial charge on any atom is -0.304 e. The van der Waals surface area contributed by atoms with Crippen molar-refractivity contribution in [1.29, 1.82) is 0 Å². The second kappa shape index (κ2) is 6.38. The first-order valence-electron chi connectivity index (χ1n) is 6.75. The molecule has 3 heteroatoms. The third-order valence-electron chi connectivity index (χ3n) is 3.52. The molecule has 2 rings (SSSR count). The van der Waals surface area contributed by atoms with E-state index in [4.69, 9.17) is 11.6 Å². The van der Waals surface area contributed by atoms with E-state index >= 15 is 0 Å². The topological polar surface area (TPSA) is 12.0 Å². The highest BCUT2D eigenvalue weighted by molar-refractivity contribution is 6.30. The predicted molar refractivity (Wildman–Crippen MR) is 82.6 cm³/mol. The van der Waals surface area contributed by atoms with Crippen LogP contribution in [0.4, 0.5) is 4.39 Å². The summed E-state index contributed by atoms with van der Waals surface area (Å²) in [6.07, 6.45) is 0. The van der Waals surface area contributed by atoms with Crippen molar-refractivity contribution in [1.82, 2.24) is 5.32 Å². The van der Waals surface area contributed by atoms with Gasteiger partial charge in [-0.25, -0.2) is 4.39 Å². The van der Waals surface area contributed by atoms with Crippen LogP contribution in [0.15, 0.2) is 42.5 Å². The van der Waals surface area contributed by atoms with Crippen molar-refractivity contribution in [3.8, 4) is 0 Å². The van der Waals surface area contributed by atoms with Gasteiger partial charge in [-0.05, 0) is 44.0 Å². The zero-order valence-electron chi connectivity index (χ0n) is 12.0. The molecule has 2 aromatic rings. The predicted octanol–water partition coefficient (Wildman–Crippen LogP) is 5.20. The Bertz CT molecular complexity index is 580. The van der Waals surface area contributed by atoms with Gasteiger partial charge in [0.25, 0.3) is 0 Å². The fourth-order valence-corrected chi connectivity index (χ4v) is 2.39. The molecule has 1 nitrogen and oxygen atoms in total. The maximum absolute atomic E-state index is 13.2. The third kappa shape index (κ3) is 3.59. The van der Waals surface area contributed by atoms with Crippen LogP contribution in [0.2, 0.25) is 5.02 Å². The van der Waals surface area contributed by atoms with Crippen LogP contribution in [0.25, 0.3) is 0 Å². The van der Waals surface area contributed by atoms with E-state index in [0.717, 1.165) is 5.56 Å². The van der Waals surface area contributed by atoms with Crippen molar-refractivity contribution in [2.75, 3.05) is 0 Å². The SMILES string of the molecule is Cc1ccc([C@H](C)NC(C)c2ccc(F)c(Cl)c2)cc1. The van der Waals surface area contributed by atoms with Crippen LogP contribution in [-0.2, 0) is 0 Å². The van der Waals surface area contributed by atoms with Gasteiger partial charge >= 0.3 is 0 Å². The quantitative estimate of drug-likeness (QED) is 0.816. The lowest BCUT2D eigenvalue weighted by atomic mass is 10.0. The average Bonchev–Trinajstić information content (AvgIpc) is 2.42. The molecule has 0 aliphatic heterocycles. The molecule has 2 aromatic carbocycles. The van der Waals surface area contributed by atoms with E-state index in [9.17, 15) is 4.39 Å². The van der Waals surface area contributed by atoms with Gasteiger partial charge in [0, 0.05) is 12.1 Å². The van der Waals surface area contributed by atoms with E-state index in [1.165, 1.54) is 17.2 Å². The normalized spacial score (nSPS) is 14.1. The standard InChI is InChI=1S/C17H19ClFN/c1-11-4-6-14(7-5-11)12(2)20-13(3)15-8-9-17(19)16(18)10-15/h4-10,12-13,20H,1-3H3/t12-,13?/m0/s1. The second-order valence-electron chi connectivity index (χ2n) is 5.19. The number of hydrogen-bond acceptors (Lipinski definition) is 1. The molecule has 0 bridgehead atoms. The monoisotopic (exact) mass is 291 g/mol. The third-order valence-corrected chi connectivity index (χ3v) is 3.81. The van der Waals surface area contributed by atoms with Gasteiger partial charge in [0.2, 0.25) is 0 Å². The van der Waals surface area contributed by atoms with Crippen molar-refractivity contribution >= 4 is 11.6 Å². The fourth-order valence-electron chi connectivity index (χ4n) is 2.20. The maximum Gasteiger partial charge on any atom is 0.141 e. The lowest BCUT2D eigenvalue weighted by Gasteiger charge is -2.21. The summed E-state index contributed by atoms with van der Waals surface area (Å²) in [4.78, 5) is 0. The highest BCUT2D eigenvalue weighted by Gasteiger charge is 2.12. The first-order chi connectivity index (χ1) is 9.47. The number of halogens is 2. The Labute approximate surface area is 124 Å². The molecule has 0 aliphatic carbocycles. The van der Waals surface area contributed by atoms with Crippen molar-refractivity contribution in [3.63, 3.8) is 0 Å². The highest BCUT2D eigenvalue weighted by Crippen LogP contribution is 2.23. The molecule has 0 aromatic heterocycles. The molecular weight excluding hydrogens is 273 g/mol. The minimum absolute atomic E-state index is 0.101. The molecular formula is C17H19ClFN. The van der Waals surface area contributed by atoms with E-state index in [0.29, 0.717) is 0 Å². The average molecular weight is 292 g/mol. The summed E-state index contributed by atoms with van der Waals surface area (Å²) in [6, 6.07) is 13.6. The van der Waals surface area contributed by atoms with Crippen LogP contribution in [0.1, 0.15) is 42.6 Å². The van der Waals surface area contributed by atoms with E-state index < -0.39 is 0 Å². The Hall–Kier alpha value is -1.38. The van der Waals surface area contributed by atoms with Crippen LogP contribution < -0.4 is 5.32 Å². The molecule has 0 fully saturated rings. The van der Waals surface area contributed by atoms with Crippen molar-refractivity contribution in [2.45, 2.75) is 32.9 Å². The van der Waals surface area contributed by atoms with Gasteiger partial charge in [0.1, 0.15) is 5.82 Å². The van der Waals surface area contributed by atoms with Crippen molar-refractivity contribution in [3.05, 3.63) is 70.0 Å². The van der Waals surface area contributed by atoms with Gasteiger partial charge in [0.05, 0.1) is 5.02 Å². The first-order valence-corrected chi connectivity index (χ1v) is 7.12. The van der Waals surface area contributed by atoms with E-state index in [2.05, 4.69) is 43.4 Å². The second-order valence-corrected chi connectivity index (χ2v) is 5.60. The molecule has 0 saturated heterocycles. The Morgan fingerprint density at radius 3 is 2.10 bits per heavy atom. The molecule has 1 unspecified atom stereocenters. The van der Waals surface area contributed by atoms with Crippen molar-refractivity contribution < 1.29 is 4.39 Å². The largest absolute Gasteiger partial charge is 0.304 e. The molecule has 1 N–H and O–H groups in total. The van der Waals surface area contributed by atoms with Crippen LogP contribution in [0.5, 0.6) is 0 Å². The van der Waals surface area contributed by atoms with E-state index in [1.54, 1.807) is 12.1 Å². The van der Waals surface area contributed by atoms with E-state index in [-0.39, 0.29) is 22.9 Å². The Kier molecular flexibility index (Phi) is 4.79. The molecule has 106 valence electrons. The van der Waals surface area contributed by atoms with Gasteiger partial charge in [0.15, 0.2) is 0 Å². The number of hydrogen-bond donors (Lipinski definition) is 1. The highest BCUT2D eigenvalue weighted by atomic mass is 35.5. The molecule has 20 heavy (non-hydrogen) atoms. The number of rotatable bonds is 4. The summed E-state index contributed by atoms with van der Waals surface area (Å²) in [5.74, 6) is -0.380. The molecule has 0 spiro atoms. The summed E-state index contributed by atoms with van der Waals surface area (Å²) in [5.41, 5.74) is 3.46. The Morgan fingerprint density at radius 2 is 1.50 bits per heavy atom. The van der Waals surface area contributed by atoms with Gasteiger partial charge in [-0.2, -0.15) is 0 Å².